The van der Waals surface area contributed by atoms with Gasteiger partial charge in [0.15, 0.2) is 6.10 Å². The highest BCUT2D eigenvalue weighted by molar-refractivity contribution is 7.45. The van der Waals surface area contributed by atoms with Crippen LogP contribution in [0.15, 0.2) is 48.6 Å². The molecule has 0 rings (SSSR count). The van der Waals surface area contributed by atoms with Crippen molar-refractivity contribution in [2.24, 2.45) is 0 Å². The zero-order valence-electron chi connectivity index (χ0n) is 44.3. The van der Waals surface area contributed by atoms with Crippen LogP contribution in [0.4, 0.5) is 0 Å². The van der Waals surface area contributed by atoms with Gasteiger partial charge in [-0.05, 0) is 51.4 Å². The summed E-state index contributed by atoms with van der Waals surface area (Å²) < 4.78 is 33.8. The van der Waals surface area contributed by atoms with Crippen LogP contribution < -0.4 is 4.89 Å². The first-order valence-corrected chi connectivity index (χ1v) is 29.3. The Bertz CT molecular complexity index is 1270. The van der Waals surface area contributed by atoms with Crippen LogP contribution in [0.2, 0.25) is 0 Å². The van der Waals surface area contributed by atoms with Gasteiger partial charge in [-0.15, -0.1) is 0 Å². The lowest BCUT2D eigenvalue weighted by atomic mass is 10.0. The number of hydrogen-bond acceptors (Lipinski definition) is 8. The summed E-state index contributed by atoms with van der Waals surface area (Å²) in [6.07, 6.45) is 60.8. The summed E-state index contributed by atoms with van der Waals surface area (Å²) >= 11 is 0. The Hall–Kier alpha value is -2.03. The summed E-state index contributed by atoms with van der Waals surface area (Å²) in [5.74, 6) is -0.834. The molecule has 0 aliphatic heterocycles. The van der Waals surface area contributed by atoms with Crippen LogP contribution in [0.1, 0.15) is 251 Å². The lowest BCUT2D eigenvalue weighted by molar-refractivity contribution is -0.870. The maximum Gasteiger partial charge on any atom is 0.306 e. The quantitative estimate of drug-likeness (QED) is 0.0195. The van der Waals surface area contributed by atoms with Crippen molar-refractivity contribution in [2.45, 2.75) is 258 Å². The van der Waals surface area contributed by atoms with Crippen molar-refractivity contribution in [1.82, 2.24) is 0 Å². The van der Waals surface area contributed by atoms with Crippen molar-refractivity contribution in [3.63, 3.8) is 0 Å². The number of allylic oxidation sites excluding steroid dienone is 8. The van der Waals surface area contributed by atoms with Gasteiger partial charge in [-0.2, -0.15) is 0 Å². The molecule has 0 aromatic carbocycles. The van der Waals surface area contributed by atoms with Gasteiger partial charge in [0.25, 0.3) is 7.82 Å². The molecule has 0 spiro atoms. The second-order valence-corrected chi connectivity index (χ2v) is 21.3. The van der Waals surface area contributed by atoms with Crippen LogP contribution in [0.25, 0.3) is 0 Å². The van der Waals surface area contributed by atoms with Crippen molar-refractivity contribution >= 4 is 19.8 Å². The molecule has 0 saturated heterocycles. The number of esters is 2. The van der Waals surface area contributed by atoms with Crippen molar-refractivity contribution in [2.75, 3.05) is 47.5 Å². The van der Waals surface area contributed by atoms with Crippen molar-refractivity contribution in [1.29, 1.82) is 0 Å². The fourth-order valence-corrected chi connectivity index (χ4v) is 8.55. The molecular formula is C57H106NO8P. The fourth-order valence-electron chi connectivity index (χ4n) is 7.83. The van der Waals surface area contributed by atoms with Crippen LogP contribution in [0.5, 0.6) is 0 Å². The lowest BCUT2D eigenvalue weighted by Gasteiger charge is -2.28. The van der Waals surface area contributed by atoms with E-state index in [1.54, 1.807) is 0 Å². The number of carbonyl (C=O) groups is 2. The first-order chi connectivity index (χ1) is 32.5. The van der Waals surface area contributed by atoms with Crippen LogP contribution in [-0.2, 0) is 32.7 Å². The number of phosphoric ester groups is 1. The summed E-state index contributed by atoms with van der Waals surface area (Å²) in [4.78, 5) is 37.4. The first-order valence-electron chi connectivity index (χ1n) is 27.8. The maximum atomic E-state index is 12.7. The normalized spacial score (nSPS) is 13.7. The topological polar surface area (TPSA) is 111 Å². The molecule has 0 radical (unpaired) electrons. The molecule has 2 unspecified atom stereocenters. The van der Waals surface area contributed by atoms with Gasteiger partial charge in [-0.25, -0.2) is 0 Å². The Morgan fingerprint density at radius 3 is 1.27 bits per heavy atom. The van der Waals surface area contributed by atoms with E-state index in [1.165, 1.54) is 154 Å². The van der Waals surface area contributed by atoms with Gasteiger partial charge < -0.3 is 27.9 Å². The van der Waals surface area contributed by atoms with E-state index >= 15 is 0 Å². The minimum absolute atomic E-state index is 0.0286. The number of unbranched alkanes of at least 4 members (excludes halogenated alkanes) is 29. The number of carbonyl (C=O) groups excluding carboxylic acids is 2. The molecule has 0 heterocycles. The molecule has 67 heavy (non-hydrogen) atoms. The van der Waals surface area contributed by atoms with Gasteiger partial charge in [0, 0.05) is 12.8 Å². The first kappa shape index (κ1) is 65.0. The second kappa shape index (κ2) is 49.0. The third-order valence-corrected chi connectivity index (χ3v) is 13.1. The number of likely N-dealkylation sites (N-methyl/N-ethyl adjacent to an activating group) is 1. The third-order valence-electron chi connectivity index (χ3n) is 12.1. The Morgan fingerprint density at radius 1 is 0.478 bits per heavy atom. The van der Waals surface area contributed by atoms with Gasteiger partial charge >= 0.3 is 11.9 Å². The van der Waals surface area contributed by atoms with Gasteiger partial charge in [0.1, 0.15) is 19.8 Å². The predicted molar refractivity (Wildman–Crippen MR) is 282 cm³/mol. The minimum atomic E-state index is -4.62. The predicted octanol–water partition coefficient (Wildman–Crippen LogP) is 16.3. The van der Waals surface area contributed by atoms with Crippen LogP contribution in [0.3, 0.4) is 0 Å². The Kier molecular flexibility index (Phi) is 47.5. The average Bonchev–Trinajstić information content (AvgIpc) is 3.29. The lowest BCUT2D eigenvalue weighted by Crippen LogP contribution is -2.37. The fraction of sp³-hybridized carbons (Fsp3) is 0.825. The molecule has 10 heteroatoms. The van der Waals surface area contributed by atoms with E-state index in [-0.39, 0.29) is 32.0 Å². The summed E-state index contributed by atoms with van der Waals surface area (Å²) in [7, 11) is 1.17. The molecule has 0 N–H and O–H groups in total. The molecule has 2 atom stereocenters. The Morgan fingerprint density at radius 2 is 0.851 bits per heavy atom. The number of rotatable bonds is 51. The van der Waals surface area contributed by atoms with Crippen molar-refractivity contribution in [3.8, 4) is 0 Å². The molecule has 0 aromatic heterocycles. The molecule has 0 amide bonds. The monoisotopic (exact) mass is 964 g/mol. The van der Waals surface area contributed by atoms with Crippen LogP contribution in [0, 0.1) is 0 Å². The number of ether oxygens (including phenoxy) is 2. The molecule has 0 fully saturated rings. The van der Waals surface area contributed by atoms with Crippen LogP contribution >= 0.6 is 7.82 Å². The van der Waals surface area contributed by atoms with Gasteiger partial charge in [-0.1, -0.05) is 236 Å². The van der Waals surface area contributed by atoms with Crippen molar-refractivity contribution < 1.29 is 42.1 Å². The van der Waals surface area contributed by atoms with Gasteiger partial charge in [0.2, 0.25) is 0 Å². The van der Waals surface area contributed by atoms with E-state index in [0.29, 0.717) is 17.4 Å². The molecule has 0 aliphatic carbocycles. The smallest absolute Gasteiger partial charge is 0.306 e. The molecule has 0 aliphatic rings. The number of phosphoric acid groups is 1. The molecular weight excluding hydrogens is 858 g/mol. The van der Waals surface area contributed by atoms with E-state index in [0.717, 1.165) is 64.2 Å². The minimum Gasteiger partial charge on any atom is -0.756 e. The van der Waals surface area contributed by atoms with E-state index < -0.39 is 26.5 Å². The average molecular weight is 964 g/mol. The number of nitrogens with zero attached hydrogens (tertiary/aromatic N) is 1. The summed E-state index contributed by atoms with van der Waals surface area (Å²) in [6, 6.07) is 0. The van der Waals surface area contributed by atoms with E-state index in [4.69, 9.17) is 18.5 Å². The zero-order valence-corrected chi connectivity index (χ0v) is 45.2. The SMILES string of the molecule is CC/C=C\C/C=C\C/C=C\C/C=C\CCCCCCCCCCCCCCCCCCCCCCCCCCC(=O)OC(COC(=O)CCCCCCCC)COP(=O)([O-])OCC[N+](C)(C)C. The maximum absolute atomic E-state index is 12.7. The highest BCUT2D eigenvalue weighted by Gasteiger charge is 2.21. The highest BCUT2D eigenvalue weighted by atomic mass is 31.2. The zero-order chi connectivity index (χ0) is 49.2. The molecule has 9 nitrogen and oxygen atoms in total. The number of hydrogen-bond donors (Lipinski definition) is 0. The Balaban J connectivity index is 3.78. The van der Waals surface area contributed by atoms with E-state index in [9.17, 15) is 19.0 Å². The summed E-state index contributed by atoms with van der Waals surface area (Å²) in [5, 5.41) is 0. The van der Waals surface area contributed by atoms with Gasteiger partial charge in [0.05, 0.1) is 27.7 Å². The summed E-state index contributed by atoms with van der Waals surface area (Å²) in [5.41, 5.74) is 0. The number of quaternary nitrogens is 1. The van der Waals surface area contributed by atoms with E-state index in [2.05, 4.69) is 62.5 Å². The third kappa shape index (κ3) is 53.2. The highest BCUT2D eigenvalue weighted by Crippen LogP contribution is 2.38. The molecule has 392 valence electrons. The second-order valence-electron chi connectivity index (χ2n) is 19.9. The largest absolute Gasteiger partial charge is 0.756 e. The molecule has 0 bridgehead atoms. The standard InChI is InChI=1S/C57H106NO8P/c1-6-8-10-12-14-15-16-17-18-19-20-21-22-23-24-25-26-27-28-29-30-31-32-33-34-35-36-37-38-39-40-41-42-43-44-46-48-50-57(60)66-55(53-63-56(59)49-47-45-13-11-9-7-2)54-65-67(61,62)64-52-51-58(3,4)5/h8,10,14-15,17-18,20-21,55H,6-7,9,11-13,16,19,22-54H2,1-5H3/b10-8-,15-14-,18-17-,21-20-. The van der Waals surface area contributed by atoms with Crippen LogP contribution in [-0.4, -0.2) is 70.0 Å². The molecule has 0 saturated carbocycles. The molecule has 0 aromatic rings. The summed E-state index contributed by atoms with van der Waals surface area (Å²) in [6.45, 7) is 4.07. The van der Waals surface area contributed by atoms with Crippen molar-refractivity contribution in [3.05, 3.63) is 48.6 Å². The Labute approximate surface area is 414 Å². The van der Waals surface area contributed by atoms with Gasteiger partial charge in [-0.3, -0.25) is 14.2 Å². The van der Waals surface area contributed by atoms with E-state index in [1.807, 2.05) is 21.1 Å².